The van der Waals surface area contributed by atoms with E-state index < -0.39 is 6.36 Å². The van der Waals surface area contributed by atoms with Gasteiger partial charge in [0.05, 0.1) is 0 Å². The van der Waals surface area contributed by atoms with Gasteiger partial charge in [-0.1, -0.05) is 12.1 Å². The van der Waals surface area contributed by atoms with Crippen molar-refractivity contribution in [3.05, 3.63) is 36.8 Å². The van der Waals surface area contributed by atoms with Crippen LogP contribution in [-0.4, -0.2) is 6.36 Å². The van der Waals surface area contributed by atoms with Crippen LogP contribution >= 0.6 is 0 Å². The summed E-state index contributed by atoms with van der Waals surface area (Å²) in [6.07, 6.45) is -4.64. The predicted octanol–water partition coefficient (Wildman–Crippen LogP) is 2.64. The Labute approximate surface area is 67.8 Å². The molecule has 0 bridgehead atoms. The van der Waals surface area contributed by atoms with Gasteiger partial charge >= 0.3 is 6.36 Å². The van der Waals surface area contributed by atoms with Crippen LogP contribution in [0.5, 0.6) is 5.75 Å². The average Bonchev–Trinajstić information content (AvgIpc) is 1.91. The maximum atomic E-state index is 11.6. The van der Waals surface area contributed by atoms with Crippen LogP contribution in [-0.2, 0) is 0 Å². The molecule has 0 N–H and O–H groups in total. The molecule has 0 fully saturated rings. The molecule has 0 atom stereocenters. The number of benzene rings is 1. The molecule has 1 rings (SSSR count). The third-order valence-electron chi connectivity index (χ3n) is 1.11. The van der Waals surface area contributed by atoms with E-state index in [1.807, 2.05) is 0 Å². The molecule has 0 amide bonds. The van der Waals surface area contributed by atoms with Crippen molar-refractivity contribution in [2.24, 2.45) is 0 Å². The lowest BCUT2D eigenvalue weighted by molar-refractivity contribution is -0.274. The van der Waals surface area contributed by atoms with Crippen molar-refractivity contribution >= 4 is 0 Å². The Morgan fingerprint density at radius 3 is 2.00 bits per heavy atom. The third kappa shape index (κ3) is 2.82. The van der Waals surface area contributed by atoms with E-state index in [2.05, 4.69) is 4.74 Å². The van der Waals surface area contributed by atoms with E-state index in [1.165, 1.54) is 12.1 Å². The highest BCUT2D eigenvalue weighted by Gasteiger charge is 2.30. The molecule has 0 spiro atoms. The number of hydrogen-bond donors (Lipinski definition) is 0. The summed E-state index contributed by atoms with van der Waals surface area (Å²) in [5, 5.41) is 0. The molecule has 1 nitrogen and oxygen atoms in total. The van der Waals surface area contributed by atoms with Crippen LogP contribution < -0.4 is 4.74 Å². The Hall–Kier alpha value is -1.19. The molecule has 0 aromatic heterocycles. The largest absolute Gasteiger partial charge is 0.573 e. The van der Waals surface area contributed by atoms with Gasteiger partial charge in [-0.2, -0.15) is 0 Å². The highest BCUT2D eigenvalue weighted by atomic mass is 19.4. The number of ether oxygens (including phenoxy) is 1. The van der Waals surface area contributed by atoms with Crippen LogP contribution in [0.1, 0.15) is 5.56 Å². The fourth-order valence-electron chi connectivity index (χ4n) is 0.669. The fraction of sp³-hybridized carbons (Fsp3) is 0.125. The van der Waals surface area contributed by atoms with Crippen molar-refractivity contribution in [2.75, 3.05) is 0 Å². The van der Waals surface area contributed by atoms with Gasteiger partial charge in [-0.15, -0.1) is 13.2 Å². The lowest BCUT2D eigenvalue weighted by Crippen LogP contribution is -2.16. The summed E-state index contributed by atoms with van der Waals surface area (Å²) in [4.78, 5) is 0. The number of rotatable bonds is 1. The van der Waals surface area contributed by atoms with E-state index in [-0.39, 0.29) is 5.75 Å². The second kappa shape index (κ2) is 3.05. The molecule has 0 saturated carbocycles. The topological polar surface area (TPSA) is 9.23 Å². The molecule has 64 valence electrons. The Morgan fingerprint density at radius 2 is 1.58 bits per heavy atom. The highest BCUT2D eigenvalue weighted by molar-refractivity contribution is 5.28. The molecule has 0 aliphatic carbocycles. The van der Waals surface area contributed by atoms with Crippen molar-refractivity contribution in [3.8, 4) is 5.75 Å². The first kappa shape index (κ1) is 8.90. The molecule has 0 heterocycles. The van der Waals surface area contributed by atoms with Crippen LogP contribution in [0.15, 0.2) is 24.3 Å². The minimum atomic E-state index is -4.64. The van der Waals surface area contributed by atoms with Gasteiger partial charge in [-0.05, 0) is 24.6 Å². The Kier molecular flexibility index (Phi) is 2.26. The number of halogens is 3. The summed E-state index contributed by atoms with van der Waals surface area (Å²) in [7, 11) is 0. The Morgan fingerprint density at radius 1 is 1.08 bits per heavy atom. The Balaban J connectivity index is 2.71. The second-order valence-electron chi connectivity index (χ2n) is 2.12. The number of hydrogen-bond acceptors (Lipinski definition) is 1. The van der Waals surface area contributed by atoms with Crippen molar-refractivity contribution in [2.45, 2.75) is 6.36 Å². The second-order valence-corrected chi connectivity index (χ2v) is 2.12. The van der Waals surface area contributed by atoms with E-state index in [0.717, 1.165) is 12.1 Å². The Bertz CT molecular complexity index is 250. The van der Waals surface area contributed by atoms with E-state index in [9.17, 15) is 13.2 Å². The quantitative estimate of drug-likeness (QED) is 0.635. The lowest BCUT2D eigenvalue weighted by Gasteiger charge is -2.07. The van der Waals surface area contributed by atoms with E-state index >= 15 is 0 Å². The van der Waals surface area contributed by atoms with Crippen molar-refractivity contribution in [3.63, 3.8) is 0 Å². The molecule has 0 aliphatic heterocycles. The van der Waals surface area contributed by atoms with Crippen molar-refractivity contribution in [1.82, 2.24) is 0 Å². The molecule has 12 heavy (non-hydrogen) atoms. The zero-order valence-corrected chi connectivity index (χ0v) is 5.93. The van der Waals surface area contributed by atoms with Gasteiger partial charge in [0, 0.05) is 0 Å². The van der Waals surface area contributed by atoms with Gasteiger partial charge in [0.1, 0.15) is 5.75 Å². The van der Waals surface area contributed by atoms with Gasteiger partial charge < -0.3 is 4.74 Å². The maximum absolute atomic E-state index is 11.6. The summed E-state index contributed by atoms with van der Waals surface area (Å²) in [6, 6.07) is 4.98. The third-order valence-corrected chi connectivity index (χ3v) is 1.11. The minimum Gasteiger partial charge on any atom is -0.406 e. The normalized spacial score (nSPS) is 11.3. The summed E-state index contributed by atoms with van der Waals surface area (Å²) in [5.41, 5.74) is 0.393. The molecule has 4 heteroatoms. The van der Waals surface area contributed by atoms with E-state index in [1.54, 1.807) is 0 Å². The smallest absolute Gasteiger partial charge is 0.406 e. The minimum absolute atomic E-state index is 0.267. The van der Waals surface area contributed by atoms with E-state index in [0.29, 0.717) is 5.56 Å². The van der Waals surface area contributed by atoms with Crippen molar-refractivity contribution < 1.29 is 17.9 Å². The molecule has 0 aliphatic rings. The summed E-state index contributed by atoms with van der Waals surface area (Å²) < 4.78 is 38.4. The molecule has 0 saturated heterocycles. The van der Waals surface area contributed by atoms with Gasteiger partial charge in [0.15, 0.2) is 0 Å². The van der Waals surface area contributed by atoms with Crippen LogP contribution in [0.25, 0.3) is 0 Å². The monoisotopic (exact) mass is 174 g/mol. The molecular weight excluding hydrogens is 169 g/mol. The van der Waals surface area contributed by atoms with Crippen molar-refractivity contribution in [1.29, 1.82) is 0 Å². The molecule has 0 unspecified atom stereocenters. The summed E-state index contributed by atoms with van der Waals surface area (Å²) in [5.74, 6) is -0.267. The number of alkyl halides is 3. The highest BCUT2D eigenvalue weighted by Crippen LogP contribution is 2.22. The first-order valence-corrected chi connectivity index (χ1v) is 3.09. The van der Waals surface area contributed by atoms with Gasteiger partial charge in [0.2, 0.25) is 0 Å². The lowest BCUT2D eigenvalue weighted by atomic mass is 10.2. The van der Waals surface area contributed by atoms with Crippen LogP contribution in [0.3, 0.4) is 0 Å². The fourth-order valence-corrected chi connectivity index (χ4v) is 0.669. The maximum Gasteiger partial charge on any atom is 0.573 e. The van der Waals surface area contributed by atoms with Crippen LogP contribution in [0.4, 0.5) is 13.2 Å². The zero-order chi connectivity index (χ0) is 9.19. The summed E-state index contributed by atoms with van der Waals surface area (Å²) in [6.45, 7) is 5.25. The first-order chi connectivity index (χ1) is 5.47. The molecule has 2 radical (unpaired) electrons. The molecule has 1 aromatic carbocycles. The predicted molar refractivity (Wildman–Crippen MR) is 36.5 cm³/mol. The SMILES string of the molecule is [CH]c1ccc(OC(F)(F)F)cc1. The molecule has 1 aromatic rings. The molecular formula is C8H5F3O. The van der Waals surface area contributed by atoms with E-state index in [4.69, 9.17) is 6.92 Å². The average molecular weight is 174 g/mol. The standard InChI is InChI=1S/C8H5F3O/c1-6-2-4-7(5-3-6)12-8(9,10)11/h1-5H. The van der Waals surface area contributed by atoms with Gasteiger partial charge in [-0.3, -0.25) is 0 Å². The zero-order valence-electron chi connectivity index (χ0n) is 5.93. The summed E-state index contributed by atoms with van der Waals surface area (Å²) >= 11 is 0. The van der Waals surface area contributed by atoms with Gasteiger partial charge in [0.25, 0.3) is 0 Å². The van der Waals surface area contributed by atoms with Crippen LogP contribution in [0.2, 0.25) is 0 Å². The first-order valence-electron chi connectivity index (χ1n) is 3.09. The van der Waals surface area contributed by atoms with Gasteiger partial charge in [-0.25, -0.2) is 0 Å². The van der Waals surface area contributed by atoms with Crippen LogP contribution in [0, 0.1) is 6.92 Å².